The van der Waals surface area contributed by atoms with Gasteiger partial charge in [0, 0.05) is 32.5 Å². The number of aryl methyl sites for hydroxylation is 3. The minimum Gasteiger partial charge on any atom is -0.497 e. The summed E-state index contributed by atoms with van der Waals surface area (Å²) >= 11 is 0. The summed E-state index contributed by atoms with van der Waals surface area (Å²) in [6.07, 6.45) is 4.02. The topological polar surface area (TPSA) is 60.2 Å². The summed E-state index contributed by atoms with van der Waals surface area (Å²) in [7, 11) is 3.59. The van der Waals surface area contributed by atoms with Crippen LogP contribution in [0.3, 0.4) is 0 Å². The Kier molecular flexibility index (Phi) is 5.36. The van der Waals surface area contributed by atoms with Gasteiger partial charge in [0.05, 0.1) is 7.11 Å². The molecule has 2 aromatic rings. The fourth-order valence-electron chi connectivity index (χ4n) is 3.47. The number of hydrogen-bond donors (Lipinski definition) is 0. The molecule has 1 amide bonds. The molecule has 1 aromatic carbocycles. The number of nitrogens with zero attached hydrogens (tertiary/aromatic N) is 4. The fourth-order valence-corrected chi connectivity index (χ4v) is 3.47. The molecule has 1 atom stereocenters. The third-order valence-corrected chi connectivity index (χ3v) is 5.10. The van der Waals surface area contributed by atoms with Gasteiger partial charge in [-0.15, -0.1) is 10.2 Å². The lowest BCUT2D eigenvalue weighted by Gasteiger charge is -2.27. The van der Waals surface area contributed by atoms with E-state index in [1.807, 2.05) is 43.1 Å². The minimum atomic E-state index is 0.196. The maximum atomic E-state index is 12.6. The number of carbonyl (C=O) groups is 1. The summed E-state index contributed by atoms with van der Waals surface area (Å²) in [5, 5.41) is 8.39. The average Bonchev–Trinajstić information content (AvgIpc) is 2.86. The fraction of sp³-hybridized carbons (Fsp3) is 0.526. The van der Waals surface area contributed by atoms with Crippen molar-refractivity contribution in [2.24, 2.45) is 0 Å². The Hall–Kier alpha value is -2.37. The van der Waals surface area contributed by atoms with Crippen molar-refractivity contribution in [2.75, 3.05) is 14.2 Å². The predicted octanol–water partition coefficient (Wildman–Crippen LogP) is 2.39. The Morgan fingerprint density at radius 2 is 2.20 bits per heavy atom. The molecular formula is C19H26N4O2. The van der Waals surface area contributed by atoms with Gasteiger partial charge in [-0.2, -0.15) is 0 Å². The molecule has 2 heterocycles. The molecule has 1 aliphatic rings. The van der Waals surface area contributed by atoms with E-state index in [0.717, 1.165) is 55.2 Å². The molecule has 0 spiro atoms. The van der Waals surface area contributed by atoms with Crippen molar-refractivity contribution < 1.29 is 9.53 Å². The molecule has 1 unspecified atom stereocenters. The number of methoxy groups -OCH3 is 1. The van der Waals surface area contributed by atoms with Crippen LogP contribution in [-0.4, -0.2) is 45.8 Å². The van der Waals surface area contributed by atoms with Crippen LogP contribution >= 0.6 is 0 Å². The van der Waals surface area contributed by atoms with Crippen LogP contribution in [0, 0.1) is 6.92 Å². The van der Waals surface area contributed by atoms with Gasteiger partial charge in [-0.1, -0.05) is 12.1 Å². The van der Waals surface area contributed by atoms with Gasteiger partial charge in [-0.3, -0.25) is 4.79 Å². The van der Waals surface area contributed by atoms with Crippen LogP contribution in [0.2, 0.25) is 0 Å². The van der Waals surface area contributed by atoms with E-state index in [1.54, 1.807) is 7.11 Å². The number of aromatic nitrogens is 3. The highest BCUT2D eigenvalue weighted by Gasteiger charge is 2.24. The third-order valence-electron chi connectivity index (χ3n) is 5.10. The van der Waals surface area contributed by atoms with Crippen LogP contribution in [0.25, 0.3) is 0 Å². The van der Waals surface area contributed by atoms with E-state index in [1.165, 1.54) is 0 Å². The molecule has 1 aliphatic heterocycles. The lowest BCUT2D eigenvalue weighted by Crippen LogP contribution is -2.37. The number of carbonyl (C=O) groups excluding carboxylic acids is 1. The minimum absolute atomic E-state index is 0.196. The van der Waals surface area contributed by atoms with Gasteiger partial charge in [0.15, 0.2) is 0 Å². The predicted molar refractivity (Wildman–Crippen MR) is 95.6 cm³/mol. The van der Waals surface area contributed by atoms with E-state index in [0.29, 0.717) is 6.42 Å². The second-order valence-electron chi connectivity index (χ2n) is 6.65. The largest absolute Gasteiger partial charge is 0.497 e. The SMILES string of the molecule is COc1cccc(CCC(=O)N(C)C2CCc3nnc(C)n3CC2)c1. The Morgan fingerprint density at radius 3 is 3.00 bits per heavy atom. The molecule has 25 heavy (non-hydrogen) atoms. The summed E-state index contributed by atoms with van der Waals surface area (Å²) in [5.41, 5.74) is 1.13. The number of amides is 1. The van der Waals surface area contributed by atoms with Crippen molar-refractivity contribution in [2.45, 2.75) is 51.6 Å². The van der Waals surface area contributed by atoms with Gasteiger partial charge in [0.1, 0.15) is 17.4 Å². The van der Waals surface area contributed by atoms with E-state index >= 15 is 0 Å². The van der Waals surface area contributed by atoms with Gasteiger partial charge in [0.2, 0.25) is 5.91 Å². The molecule has 0 saturated carbocycles. The van der Waals surface area contributed by atoms with Crippen LogP contribution in [0.1, 0.15) is 36.5 Å². The van der Waals surface area contributed by atoms with Gasteiger partial charge < -0.3 is 14.2 Å². The first-order valence-corrected chi connectivity index (χ1v) is 8.85. The van der Waals surface area contributed by atoms with Gasteiger partial charge in [-0.25, -0.2) is 0 Å². The van der Waals surface area contributed by atoms with E-state index in [2.05, 4.69) is 14.8 Å². The second kappa shape index (κ2) is 7.68. The molecule has 3 rings (SSSR count). The van der Waals surface area contributed by atoms with Crippen LogP contribution in [0.4, 0.5) is 0 Å². The van der Waals surface area contributed by atoms with Crippen molar-refractivity contribution in [3.63, 3.8) is 0 Å². The lowest BCUT2D eigenvalue weighted by atomic mass is 10.1. The van der Waals surface area contributed by atoms with Crippen LogP contribution in [0.15, 0.2) is 24.3 Å². The van der Waals surface area contributed by atoms with E-state index < -0.39 is 0 Å². The molecular weight excluding hydrogens is 316 g/mol. The van der Waals surface area contributed by atoms with E-state index in [-0.39, 0.29) is 11.9 Å². The molecule has 6 heteroatoms. The zero-order valence-corrected chi connectivity index (χ0v) is 15.2. The van der Waals surface area contributed by atoms with Gasteiger partial charge in [-0.05, 0) is 43.9 Å². The molecule has 0 bridgehead atoms. The highest BCUT2D eigenvalue weighted by molar-refractivity contribution is 5.76. The summed E-state index contributed by atoms with van der Waals surface area (Å²) in [5.74, 6) is 3.03. The molecule has 6 nitrogen and oxygen atoms in total. The maximum absolute atomic E-state index is 12.6. The monoisotopic (exact) mass is 342 g/mol. The first-order valence-electron chi connectivity index (χ1n) is 8.85. The van der Waals surface area contributed by atoms with Crippen LogP contribution in [0.5, 0.6) is 5.75 Å². The van der Waals surface area contributed by atoms with Crippen molar-refractivity contribution in [3.05, 3.63) is 41.5 Å². The first kappa shape index (κ1) is 17.5. The molecule has 0 saturated heterocycles. The first-order chi connectivity index (χ1) is 12.1. The third kappa shape index (κ3) is 4.00. The van der Waals surface area contributed by atoms with Crippen LogP contribution < -0.4 is 4.74 Å². The normalized spacial score (nSPS) is 16.8. The number of fused-ring (bicyclic) bond motifs is 1. The Balaban J connectivity index is 1.55. The quantitative estimate of drug-likeness (QED) is 0.837. The Labute approximate surface area is 148 Å². The Morgan fingerprint density at radius 1 is 1.36 bits per heavy atom. The van der Waals surface area contributed by atoms with Gasteiger partial charge in [0.25, 0.3) is 0 Å². The highest BCUT2D eigenvalue weighted by atomic mass is 16.5. The highest BCUT2D eigenvalue weighted by Crippen LogP contribution is 2.20. The lowest BCUT2D eigenvalue weighted by molar-refractivity contribution is -0.132. The smallest absolute Gasteiger partial charge is 0.222 e. The molecule has 0 fully saturated rings. The summed E-state index contributed by atoms with van der Waals surface area (Å²) in [4.78, 5) is 14.5. The van der Waals surface area contributed by atoms with Crippen molar-refractivity contribution in [3.8, 4) is 5.75 Å². The van der Waals surface area contributed by atoms with Crippen LogP contribution in [-0.2, 0) is 24.2 Å². The number of rotatable bonds is 5. The average molecular weight is 342 g/mol. The summed E-state index contributed by atoms with van der Waals surface area (Å²) in [6.45, 7) is 2.87. The number of benzene rings is 1. The zero-order chi connectivity index (χ0) is 17.8. The molecule has 0 N–H and O–H groups in total. The number of ether oxygens (including phenoxy) is 1. The van der Waals surface area contributed by atoms with Crippen molar-refractivity contribution in [1.29, 1.82) is 0 Å². The molecule has 0 aliphatic carbocycles. The summed E-state index contributed by atoms with van der Waals surface area (Å²) in [6, 6.07) is 8.18. The molecule has 1 aromatic heterocycles. The Bertz CT molecular complexity index is 741. The van der Waals surface area contributed by atoms with Crippen molar-refractivity contribution in [1.82, 2.24) is 19.7 Å². The zero-order valence-electron chi connectivity index (χ0n) is 15.2. The molecule has 134 valence electrons. The van der Waals surface area contributed by atoms with E-state index in [9.17, 15) is 4.79 Å². The molecule has 0 radical (unpaired) electrons. The van der Waals surface area contributed by atoms with E-state index in [4.69, 9.17) is 4.74 Å². The maximum Gasteiger partial charge on any atom is 0.222 e. The number of hydrogen-bond acceptors (Lipinski definition) is 4. The standard InChI is InChI=1S/C19H26N4O2/c1-14-20-21-18-9-8-16(11-12-23(14)18)22(2)19(24)10-7-15-5-4-6-17(13-15)25-3/h4-6,13,16H,7-12H2,1-3H3. The van der Waals surface area contributed by atoms with Crippen molar-refractivity contribution >= 4 is 5.91 Å². The summed E-state index contributed by atoms with van der Waals surface area (Å²) < 4.78 is 7.42. The van der Waals surface area contributed by atoms with Gasteiger partial charge >= 0.3 is 0 Å². The second-order valence-corrected chi connectivity index (χ2v) is 6.65.